The van der Waals surface area contributed by atoms with Gasteiger partial charge in [0.05, 0.1) is 10.6 Å². The Morgan fingerprint density at radius 1 is 1.31 bits per heavy atom. The molecular weight excluding hydrogens is 360 g/mol. The summed E-state index contributed by atoms with van der Waals surface area (Å²) in [5.41, 5.74) is 1.64. The van der Waals surface area contributed by atoms with Gasteiger partial charge in [0.1, 0.15) is 6.54 Å². The van der Waals surface area contributed by atoms with Crippen LogP contribution in [0.2, 0.25) is 5.02 Å². The number of benzene rings is 2. The van der Waals surface area contributed by atoms with Gasteiger partial charge in [-0.1, -0.05) is 29.8 Å². The Kier molecular flexibility index (Phi) is 4.90. The molecule has 1 amide bonds. The molecule has 0 saturated carbocycles. The molecule has 2 aromatic carbocycles. The van der Waals surface area contributed by atoms with Gasteiger partial charge in [0.15, 0.2) is 0 Å². The lowest BCUT2D eigenvalue weighted by atomic mass is 10.2. The number of halogens is 1. The summed E-state index contributed by atoms with van der Waals surface area (Å²) in [6, 6.07) is 11.2. The van der Waals surface area contributed by atoms with E-state index in [1.165, 1.54) is 12.1 Å². The van der Waals surface area contributed by atoms with E-state index in [4.69, 9.17) is 11.6 Å². The van der Waals surface area contributed by atoms with Gasteiger partial charge in [-0.3, -0.25) is 14.9 Å². The summed E-state index contributed by atoms with van der Waals surface area (Å²) in [5, 5.41) is 25.9. The van der Waals surface area contributed by atoms with Gasteiger partial charge in [-0.05, 0) is 29.8 Å². The number of anilines is 1. The number of hydrogen-bond acceptors (Lipinski definition) is 6. The third-order valence-electron chi connectivity index (χ3n) is 3.53. The number of nitro benzene ring substituents is 1. The third-order valence-corrected chi connectivity index (χ3v) is 3.76. The van der Waals surface area contributed by atoms with Crippen LogP contribution in [-0.2, 0) is 11.3 Å². The van der Waals surface area contributed by atoms with Crippen LogP contribution in [0.15, 0.2) is 42.5 Å². The Hall–Kier alpha value is -3.33. The van der Waals surface area contributed by atoms with Crippen LogP contribution in [0.3, 0.4) is 0 Å². The molecule has 0 spiro atoms. The second-order valence-corrected chi connectivity index (χ2v) is 5.89. The van der Waals surface area contributed by atoms with Crippen molar-refractivity contribution >= 4 is 28.9 Å². The molecule has 132 valence electrons. The normalized spacial score (nSPS) is 10.5. The molecule has 0 aliphatic rings. The lowest BCUT2D eigenvalue weighted by Gasteiger charge is -2.07. The van der Waals surface area contributed by atoms with Crippen LogP contribution in [-0.4, -0.2) is 31.0 Å². The molecule has 0 saturated heterocycles. The Balaban J connectivity index is 1.71. The zero-order chi connectivity index (χ0) is 18.7. The van der Waals surface area contributed by atoms with Crippen molar-refractivity contribution in [3.63, 3.8) is 0 Å². The van der Waals surface area contributed by atoms with E-state index >= 15 is 0 Å². The predicted molar refractivity (Wildman–Crippen MR) is 94.7 cm³/mol. The van der Waals surface area contributed by atoms with Crippen LogP contribution in [0.1, 0.15) is 5.56 Å². The second-order valence-electron chi connectivity index (χ2n) is 5.46. The minimum absolute atomic E-state index is 0.104. The van der Waals surface area contributed by atoms with Gasteiger partial charge in [0.2, 0.25) is 11.7 Å². The zero-order valence-corrected chi connectivity index (χ0v) is 14.3. The highest BCUT2D eigenvalue weighted by Crippen LogP contribution is 2.22. The van der Waals surface area contributed by atoms with E-state index in [1.807, 2.05) is 0 Å². The van der Waals surface area contributed by atoms with E-state index < -0.39 is 10.8 Å². The number of nitrogens with zero attached hydrogens (tertiary/aromatic N) is 5. The standard InChI is InChI=1S/C16H13ClN6O3/c1-10-5-6-13(23(25)26)8-14(10)18-15(24)9-22-20-16(19-21-22)11-3-2-4-12(17)7-11/h2-8H,9H2,1H3,(H,18,24). The molecule has 0 atom stereocenters. The molecule has 26 heavy (non-hydrogen) atoms. The van der Waals surface area contributed by atoms with E-state index in [0.29, 0.717) is 27.7 Å². The second kappa shape index (κ2) is 7.28. The van der Waals surface area contributed by atoms with E-state index in [-0.39, 0.29) is 12.2 Å². The minimum atomic E-state index is -0.522. The summed E-state index contributed by atoms with van der Waals surface area (Å²) in [5.74, 6) is -0.0875. The van der Waals surface area contributed by atoms with Gasteiger partial charge < -0.3 is 5.32 Å². The predicted octanol–water partition coefficient (Wildman–Crippen LogP) is 2.85. The number of carbonyl (C=O) groups is 1. The molecular formula is C16H13ClN6O3. The minimum Gasteiger partial charge on any atom is -0.324 e. The lowest BCUT2D eigenvalue weighted by Crippen LogP contribution is -2.21. The number of nitrogens with one attached hydrogen (secondary N) is 1. The van der Waals surface area contributed by atoms with Gasteiger partial charge in [0, 0.05) is 22.7 Å². The van der Waals surface area contributed by atoms with Crippen LogP contribution in [0.5, 0.6) is 0 Å². The summed E-state index contributed by atoms with van der Waals surface area (Å²) >= 11 is 5.93. The number of nitro groups is 1. The van der Waals surface area contributed by atoms with Gasteiger partial charge in [-0.25, -0.2) is 0 Å². The molecule has 1 N–H and O–H groups in total. The van der Waals surface area contributed by atoms with Crippen LogP contribution in [0.4, 0.5) is 11.4 Å². The van der Waals surface area contributed by atoms with Crippen molar-refractivity contribution in [3.8, 4) is 11.4 Å². The number of amides is 1. The Labute approximate surface area is 152 Å². The van der Waals surface area contributed by atoms with E-state index in [1.54, 1.807) is 37.3 Å². The molecule has 1 aromatic heterocycles. The number of hydrogen-bond donors (Lipinski definition) is 1. The number of aromatic nitrogens is 4. The molecule has 10 heteroatoms. The summed E-state index contributed by atoms with van der Waals surface area (Å²) in [7, 11) is 0. The number of carbonyl (C=O) groups excluding carboxylic acids is 1. The topological polar surface area (TPSA) is 116 Å². The average Bonchev–Trinajstić information content (AvgIpc) is 3.05. The van der Waals surface area contributed by atoms with Gasteiger partial charge >= 0.3 is 0 Å². The van der Waals surface area contributed by atoms with E-state index in [9.17, 15) is 14.9 Å². The first-order valence-corrected chi connectivity index (χ1v) is 7.89. The van der Waals surface area contributed by atoms with Crippen molar-refractivity contribution in [3.05, 3.63) is 63.2 Å². The summed E-state index contributed by atoms with van der Waals surface area (Å²) < 4.78 is 0. The van der Waals surface area contributed by atoms with Crippen molar-refractivity contribution in [2.45, 2.75) is 13.5 Å². The SMILES string of the molecule is Cc1ccc([N+](=O)[O-])cc1NC(=O)Cn1nnc(-c2cccc(Cl)c2)n1. The van der Waals surface area contributed by atoms with Crippen LogP contribution in [0.25, 0.3) is 11.4 Å². The number of tetrazole rings is 1. The van der Waals surface area contributed by atoms with Crippen LogP contribution in [0, 0.1) is 17.0 Å². The molecule has 9 nitrogen and oxygen atoms in total. The molecule has 0 unspecified atom stereocenters. The first-order chi connectivity index (χ1) is 12.4. The van der Waals surface area contributed by atoms with Crippen LogP contribution >= 0.6 is 11.6 Å². The average molecular weight is 373 g/mol. The highest BCUT2D eigenvalue weighted by Gasteiger charge is 2.13. The molecule has 3 aromatic rings. The summed E-state index contributed by atoms with van der Waals surface area (Å²) in [6.07, 6.45) is 0. The van der Waals surface area contributed by atoms with Crippen molar-refractivity contribution in [2.75, 3.05) is 5.32 Å². The van der Waals surface area contributed by atoms with Crippen molar-refractivity contribution in [1.82, 2.24) is 20.2 Å². The van der Waals surface area contributed by atoms with Gasteiger partial charge in [-0.15, -0.1) is 10.2 Å². The Morgan fingerprint density at radius 2 is 2.12 bits per heavy atom. The maximum absolute atomic E-state index is 12.2. The molecule has 1 heterocycles. The van der Waals surface area contributed by atoms with E-state index in [2.05, 4.69) is 20.7 Å². The monoisotopic (exact) mass is 372 g/mol. The summed E-state index contributed by atoms with van der Waals surface area (Å²) in [4.78, 5) is 23.7. The molecule has 3 rings (SSSR count). The fraction of sp³-hybridized carbons (Fsp3) is 0.125. The van der Waals surface area contributed by atoms with Crippen LogP contribution < -0.4 is 5.32 Å². The Morgan fingerprint density at radius 3 is 2.85 bits per heavy atom. The fourth-order valence-electron chi connectivity index (χ4n) is 2.23. The smallest absolute Gasteiger partial charge is 0.271 e. The van der Waals surface area contributed by atoms with Crippen molar-refractivity contribution in [2.24, 2.45) is 0 Å². The van der Waals surface area contributed by atoms with Gasteiger partial charge in [0.25, 0.3) is 5.69 Å². The number of aryl methyl sites for hydroxylation is 1. The molecule has 0 fully saturated rings. The maximum atomic E-state index is 12.2. The quantitative estimate of drug-likeness (QED) is 0.543. The first-order valence-electron chi connectivity index (χ1n) is 7.51. The highest BCUT2D eigenvalue weighted by molar-refractivity contribution is 6.30. The molecule has 0 radical (unpaired) electrons. The summed E-state index contributed by atoms with van der Waals surface area (Å²) in [6.45, 7) is 1.56. The van der Waals surface area contributed by atoms with Gasteiger partial charge in [-0.2, -0.15) is 4.80 Å². The zero-order valence-electron chi connectivity index (χ0n) is 13.6. The molecule has 0 aliphatic carbocycles. The number of rotatable bonds is 5. The Bertz CT molecular complexity index is 988. The maximum Gasteiger partial charge on any atom is 0.271 e. The molecule has 0 aliphatic heterocycles. The lowest BCUT2D eigenvalue weighted by molar-refractivity contribution is -0.384. The van der Waals surface area contributed by atoms with Crippen molar-refractivity contribution in [1.29, 1.82) is 0 Å². The largest absolute Gasteiger partial charge is 0.324 e. The third kappa shape index (κ3) is 4.01. The van der Waals surface area contributed by atoms with Crippen molar-refractivity contribution < 1.29 is 9.72 Å². The fourth-order valence-corrected chi connectivity index (χ4v) is 2.42. The highest BCUT2D eigenvalue weighted by atomic mass is 35.5. The number of non-ortho nitro benzene ring substituents is 1. The van der Waals surface area contributed by atoms with E-state index in [0.717, 1.165) is 4.80 Å². The molecule has 0 bridgehead atoms. The first kappa shape index (κ1) is 17.5.